The normalized spacial score (nSPS) is 11.0. The van der Waals surface area contributed by atoms with Crippen molar-refractivity contribution in [2.24, 2.45) is 5.73 Å². The van der Waals surface area contributed by atoms with Crippen LogP contribution in [0, 0.1) is 5.41 Å². The molecule has 7 heteroatoms. The van der Waals surface area contributed by atoms with Crippen molar-refractivity contribution in [3.8, 4) is 11.5 Å². The fourth-order valence-electron chi connectivity index (χ4n) is 2.03. The maximum Gasteiger partial charge on any atom is 0.175 e. The summed E-state index contributed by atoms with van der Waals surface area (Å²) in [6.45, 7) is 0.199. The summed E-state index contributed by atoms with van der Waals surface area (Å²) in [5, 5.41) is 7.60. The maximum absolute atomic E-state index is 11.4. The molecular weight excluding hydrogens is 316 g/mol. The van der Waals surface area contributed by atoms with E-state index in [2.05, 4.69) is 0 Å². The van der Waals surface area contributed by atoms with E-state index in [0.717, 1.165) is 11.8 Å². The van der Waals surface area contributed by atoms with Crippen molar-refractivity contribution in [1.82, 2.24) is 0 Å². The Morgan fingerprint density at radius 1 is 1.17 bits per heavy atom. The topological polar surface area (TPSA) is 102 Å². The standard InChI is InChI=1S/C16H18N2O4S/c1-21-14-5-3-4-13(16(17)18)15(14)22-10-11-6-8-12(9-7-11)23(2,19)20/h3-9H,10H2,1-2H3,(H3,17,18). The highest BCUT2D eigenvalue weighted by Gasteiger charge is 2.13. The lowest BCUT2D eigenvalue weighted by Gasteiger charge is -2.14. The summed E-state index contributed by atoms with van der Waals surface area (Å²) in [6, 6.07) is 11.5. The Morgan fingerprint density at radius 3 is 2.35 bits per heavy atom. The van der Waals surface area contributed by atoms with Crippen LogP contribution >= 0.6 is 0 Å². The SMILES string of the molecule is COc1cccc(C(=N)N)c1OCc1ccc(S(C)(=O)=O)cc1. The van der Waals surface area contributed by atoms with Gasteiger partial charge in [0.1, 0.15) is 12.4 Å². The van der Waals surface area contributed by atoms with E-state index in [1.54, 1.807) is 30.3 Å². The largest absolute Gasteiger partial charge is 0.493 e. The Bertz CT molecular complexity index is 814. The van der Waals surface area contributed by atoms with E-state index in [1.807, 2.05) is 0 Å². The molecule has 0 aliphatic carbocycles. The molecule has 3 N–H and O–H groups in total. The lowest BCUT2D eigenvalue weighted by Crippen LogP contribution is -2.13. The van der Waals surface area contributed by atoms with Crippen LogP contribution in [0.5, 0.6) is 11.5 Å². The van der Waals surface area contributed by atoms with Gasteiger partial charge in [0, 0.05) is 6.26 Å². The van der Waals surface area contributed by atoms with Gasteiger partial charge in [-0.1, -0.05) is 18.2 Å². The molecule has 2 rings (SSSR count). The third-order valence-corrected chi connectivity index (χ3v) is 4.35. The van der Waals surface area contributed by atoms with Crippen molar-refractivity contribution in [1.29, 1.82) is 5.41 Å². The predicted molar refractivity (Wildman–Crippen MR) is 87.9 cm³/mol. The smallest absolute Gasteiger partial charge is 0.175 e. The van der Waals surface area contributed by atoms with E-state index < -0.39 is 9.84 Å². The van der Waals surface area contributed by atoms with Crippen LogP contribution in [0.3, 0.4) is 0 Å². The van der Waals surface area contributed by atoms with E-state index >= 15 is 0 Å². The average molecular weight is 334 g/mol. The van der Waals surface area contributed by atoms with Crippen molar-refractivity contribution in [3.05, 3.63) is 53.6 Å². The Hall–Kier alpha value is -2.54. The highest BCUT2D eigenvalue weighted by Crippen LogP contribution is 2.31. The fraction of sp³-hybridized carbons (Fsp3) is 0.188. The number of hydrogen-bond donors (Lipinski definition) is 2. The molecule has 2 aromatic rings. The number of hydrogen-bond acceptors (Lipinski definition) is 5. The van der Waals surface area contributed by atoms with Crippen molar-refractivity contribution < 1.29 is 17.9 Å². The molecule has 0 radical (unpaired) electrons. The van der Waals surface area contributed by atoms with Gasteiger partial charge < -0.3 is 15.2 Å². The number of methoxy groups -OCH3 is 1. The van der Waals surface area contributed by atoms with Crippen molar-refractivity contribution in [3.63, 3.8) is 0 Å². The molecule has 0 aliphatic heterocycles. The van der Waals surface area contributed by atoms with Gasteiger partial charge in [0.05, 0.1) is 17.6 Å². The van der Waals surface area contributed by atoms with Gasteiger partial charge in [-0.25, -0.2) is 8.42 Å². The molecule has 23 heavy (non-hydrogen) atoms. The predicted octanol–water partition coefficient (Wildman–Crippen LogP) is 1.96. The molecule has 0 bridgehead atoms. The molecule has 2 aromatic carbocycles. The molecule has 0 fully saturated rings. The van der Waals surface area contributed by atoms with Crippen LogP contribution in [0.1, 0.15) is 11.1 Å². The van der Waals surface area contributed by atoms with Crippen LogP contribution in [0.25, 0.3) is 0 Å². The zero-order valence-electron chi connectivity index (χ0n) is 12.9. The number of rotatable bonds is 6. The molecule has 0 heterocycles. The van der Waals surface area contributed by atoms with Gasteiger partial charge in [-0.2, -0.15) is 0 Å². The van der Waals surface area contributed by atoms with Gasteiger partial charge in [0.2, 0.25) is 0 Å². The zero-order valence-corrected chi connectivity index (χ0v) is 13.7. The second-order valence-electron chi connectivity index (χ2n) is 4.96. The molecule has 0 atom stereocenters. The summed E-state index contributed by atoms with van der Waals surface area (Å²) in [5.41, 5.74) is 6.79. The van der Waals surface area contributed by atoms with Crippen LogP contribution in [0.4, 0.5) is 0 Å². The maximum atomic E-state index is 11.4. The first-order valence-corrected chi connectivity index (χ1v) is 8.65. The second kappa shape index (κ2) is 6.70. The third-order valence-electron chi connectivity index (χ3n) is 3.22. The molecule has 122 valence electrons. The Kier molecular flexibility index (Phi) is 4.90. The molecule has 0 spiro atoms. The monoisotopic (exact) mass is 334 g/mol. The van der Waals surface area contributed by atoms with Crippen molar-refractivity contribution >= 4 is 15.7 Å². The second-order valence-corrected chi connectivity index (χ2v) is 6.97. The number of nitrogen functional groups attached to an aromatic ring is 1. The molecular formula is C16H18N2O4S. The summed E-state index contributed by atoms with van der Waals surface area (Å²) in [4.78, 5) is 0.253. The molecule has 0 unspecified atom stereocenters. The van der Waals surface area contributed by atoms with E-state index in [-0.39, 0.29) is 17.3 Å². The van der Waals surface area contributed by atoms with E-state index in [4.69, 9.17) is 20.6 Å². The van der Waals surface area contributed by atoms with Gasteiger partial charge in [0.25, 0.3) is 0 Å². The summed E-state index contributed by atoms with van der Waals surface area (Å²) in [7, 11) is -1.71. The minimum absolute atomic E-state index is 0.119. The van der Waals surface area contributed by atoms with Crippen molar-refractivity contribution in [2.45, 2.75) is 11.5 Å². The van der Waals surface area contributed by atoms with E-state index in [1.165, 1.54) is 19.2 Å². The van der Waals surface area contributed by atoms with Gasteiger partial charge in [-0.05, 0) is 29.8 Å². The first kappa shape index (κ1) is 16.8. The molecule has 6 nitrogen and oxygen atoms in total. The number of para-hydroxylation sites is 1. The Morgan fingerprint density at radius 2 is 1.83 bits per heavy atom. The van der Waals surface area contributed by atoms with Crippen LogP contribution < -0.4 is 15.2 Å². The minimum atomic E-state index is -3.22. The fourth-order valence-corrected chi connectivity index (χ4v) is 2.66. The Labute approximate surface area is 135 Å². The van der Waals surface area contributed by atoms with Crippen molar-refractivity contribution in [2.75, 3.05) is 13.4 Å². The minimum Gasteiger partial charge on any atom is -0.493 e. The van der Waals surface area contributed by atoms with E-state index in [9.17, 15) is 8.42 Å². The number of benzene rings is 2. The summed E-state index contributed by atoms with van der Waals surface area (Å²) < 4.78 is 33.9. The summed E-state index contributed by atoms with van der Waals surface area (Å²) in [5.74, 6) is 0.742. The van der Waals surface area contributed by atoms with Gasteiger partial charge in [-0.3, -0.25) is 5.41 Å². The molecule has 0 aromatic heterocycles. The van der Waals surface area contributed by atoms with Crippen LogP contribution in [-0.2, 0) is 16.4 Å². The van der Waals surface area contributed by atoms with Crippen LogP contribution in [0.15, 0.2) is 47.4 Å². The lowest BCUT2D eigenvalue weighted by atomic mass is 10.1. The van der Waals surface area contributed by atoms with Crippen LogP contribution in [-0.4, -0.2) is 27.6 Å². The first-order chi connectivity index (χ1) is 10.8. The van der Waals surface area contributed by atoms with Gasteiger partial charge in [0.15, 0.2) is 21.3 Å². The lowest BCUT2D eigenvalue weighted by molar-refractivity contribution is 0.284. The first-order valence-electron chi connectivity index (χ1n) is 6.76. The number of nitrogens with two attached hydrogens (primary N) is 1. The van der Waals surface area contributed by atoms with Gasteiger partial charge in [-0.15, -0.1) is 0 Å². The number of nitrogens with one attached hydrogen (secondary N) is 1. The summed E-state index contributed by atoms with van der Waals surface area (Å²) >= 11 is 0. The number of sulfone groups is 1. The highest BCUT2D eigenvalue weighted by molar-refractivity contribution is 7.90. The highest BCUT2D eigenvalue weighted by atomic mass is 32.2. The Balaban J connectivity index is 2.22. The van der Waals surface area contributed by atoms with E-state index in [0.29, 0.717) is 17.1 Å². The summed E-state index contributed by atoms with van der Waals surface area (Å²) in [6.07, 6.45) is 1.16. The van der Waals surface area contributed by atoms with Crippen LogP contribution in [0.2, 0.25) is 0 Å². The molecule has 0 aliphatic rings. The quantitative estimate of drug-likeness (QED) is 0.621. The molecule has 0 saturated carbocycles. The number of amidine groups is 1. The van der Waals surface area contributed by atoms with Gasteiger partial charge >= 0.3 is 0 Å². The average Bonchev–Trinajstić information content (AvgIpc) is 2.52. The number of ether oxygens (including phenoxy) is 2. The molecule has 0 saturated heterocycles. The third kappa shape index (κ3) is 4.01. The molecule has 0 amide bonds. The zero-order chi connectivity index (χ0) is 17.0.